The van der Waals surface area contributed by atoms with E-state index in [-0.39, 0.29) is 47.2 Å². The molecule has 0 N–H and O–H groups in total. The molecule has 0 aliphatic carbocycles. The zero-order valence-corrected chi connectivity index (χ0v) is 19.1. The average molecular weight is 481 g/mol. The minimum atomic E-state index is -3.64. The first-order valence-corrected chi connectivity index (χ1v) is 13.7. The Morgan fingerprint density at radius 2 is 1.59 bits per heavy atom. The summed E-state index contributed by atoms with van der Waals surface area (Å²) in [6.45, 7) is 1.15. The molecule has 0 bridgehead atoms. The van der Waals surface area contributed by atoms with Crippen molar-refractivity contribution < 1.29 is 26.0 Å². The lowest BCUT2D eigenvalue weighted by Crippen LogP contribution is -2.33. The highest BCUT2D eigenvalue weighted by Gasteiger charge is 2.34. The Labute approximate surface area is 187 Å². The fourth-order valence-corrected chi connectivity index (χ4v) is 7.58. The number of benzene rings is 2. The van der Waals surface area contributed by atoms with Crippen LogP contribution in [0.3, 0.4) is 0 Å². The van der Waals surface area contributed by atoms with Crippen molar-refractivity contribution in [2.45, 2.75) is 29.4 Å². The molecule has 1 unspecified atom stereocenters. The van der Waals surface area contributed by atoms with Gasteiger partial charge in [-0.05, 0) is 49.6 Å². The van der Waals surface area contributed by atoms with Crippen LogP contribution in [0.15, 0.2) is 53.4 Å². The summed E-state index contributed by atoms with van der Waals surface area (Å²) < 4.78 is 66.5. The van der Waals surface area contributed by atoms with Gasteiger partial charge >= 0.3 is 0 Å². The second kappa shape index (κ2) is 8.92. The van der Waals surface area contributed by atoms with Crippen molar-refractivity contribution >= 4 is 25.8 Å². The number of sulfonamides is 1. The first-order valence-electron chi connectivity index (χ1n) is 10.6. The SMILES string of the molecule is O=C(c1ccc(S(=O)(=O)N2CCCC2)cc1)N1CCC(c2ccccc2F)S(=O)(=O)CC1. The summed E-state index contributed by atoms with van der Waals surface area (Å²) >= 11 is 0. The van der Waals surface area contributed by atoms with Gasteiger partial charge in [0.15, 0.2) is 9.84 Å². The molecule has 10 heteroatoms. The Hall–Kier alpha value is -2.30. The second-order valence-electron chi connectivity index (χ2n) is 8.09. The molecule has 0 radical (unpaired) electrons. The van der Waals surface area contributed by atoms with Crippen LogP contribution in [0.2, 0.25) is 0 Å². The van der Waals surface area contributed by atoms with Gasteiger partial charge in [0, 0.05) is 37.3 Å². The molecule has 0 spiro atoms. The minimum Gasteiger partial charge on any atom is -0.338 e. The van der Waals surface area contributed by atoms with Crippen LogP contribution in [0.4, 0.5) is 4.39 Å². The van der Waals surface area contributed by atoms with E-state index in [1.807, 2.05) is 0 Å². The summed E-state index contributed by atoms with van der Waals surface area (Å²) in [7, 11) is -7.21. The Morgan fingerprint density at radius 3 is 2.25 bits per heavy atom. The van der Waals surface area contributed by atoms with Crippen molar-refractivity contribution in [3.63, 3.8) is 0 Å². The summed E-state index contributed by atoms with van der Waals surface area (Å²) in [5.41, 5.74) is 0.408. The normalized spacial score (nSPS) is 21.9. The molecule has 4 rings (SSSR count). The van der Waals surface area contributed by atoms with Gasteiger partial charge < -0.3 is 4.90 Å². The number of hydrogen-bond acceptors (Lipinski definition) is 5. The number of nitrogens with zero attached hydrogens (tertiary/aromatic N) is 2. The third-order valence-corrected chi connectivity index (χ3v) is 10.1. The van der Waals surface area contributed by atoms with E-state index in [1.165, 1.54) is 51.7 Å². The minimum absolute atomic E-state index is 0.0000525. The van der Waals surface area contributed by atoms with Crippen LogP contribution >= 0.6 is 0 Å². The first-order chi connectivity index (χ1) is 15.2. The Balaban J connectivity index is 1.51. The monoisotopic (exact) mass is 480 g/mol. The van der Waals surface area contributed by atoms with Gasteiger partial charge in [-0.2, -0.15) is 4.31 Å². The van der Waals surface area contributed by atoms with Crippen molar-refractivity contribution in [2.24, 2.45) is 0 Å². The number of amides is 1. The topological polar surface area (TPSA) is 91.8 Å². The van der Waals surface area contributed by atoms with Crippen LogP contribution < -0.4 is 0 Å². The zero-order chi connectivity index (χ0) is 22.9. The van der Waals surface area contributed by atoms with E-state index in [4.69, 9.17) is 0 Å². The molecule has 32 heavy (non-hydrogen) atoms. The molecular weight excluding hydrogens is 455 g/mol. The van der Waals surface area contributed by atoms with Gasteiger partial charge in [0.05, 0.1) is 15.9 Å². The lowest BCUT2D eigenvalue weighted by atomic mass is 10.1. The fourth-order valence-electron chi connectivity index (χ4n) is 4.26. The number of carbonyl (C=O) groups is 1. The van der Waals surface area contributed by atoms with Crippen molar-refractivity contribution in [1.82, 2.24) is 9.21 Å². The molecule has 0 saturated carbocycles. The molecule has 172 valence electrons. The van der Waals surface area contributed by atoms with Gasteiger partial charge in [0.25, 0.3) is 5.91 Å². The van der Waals surface area contributed by atoms with Gasteiger partial charge in [0.1, 0.15) is 5.82 Å². The molecule has 1 amide bonds. The van der Waals surface area contributed by atoms with E-state index in [0.717, 1.165) is 12.8 Å². The first kappa shape index (κ1) is 22.9. The van der Waals surface area contributed by atoms with Crippen LogP contribution in [0.25, 0.3) is 0 Å². The predicted molar refractivity (Wildman–Crippen MR) is 118 cm³/mol. The molecule has 2 aromatic rings. The van der Waals surface area contributed by atoms with Gasteiger partial charge in [-0.25, -0.2) is 21.2 Å². The second-order valence-corrected chi connectivity index (χ2v) is 12.3. The molecule has 2 aromatic carbocycles. The third-order valence-electron chi connectivity index (χ3n) is 6.08. The average Bonchev–Trinajstić information content (AvgIpc) is 3.27. The van der Waals surface area contributed by atoms with Crippen LogP contribution in [-0.2, 0) is 19.9 Å². The zero-order valence-electron chi connectivity index (χ0n) is 17.5. The number of carbonyl (C=O) groups excluding carboxylic acids is 1. The van der Waals surface area contributed by atoms with E-state index < -0.39 is 30.9 Å². The standard InChI is InChI=1S/C22H25FN2O5S2/c23-20-6-2-1-5-19(20)21-11-14-24(15-16-31(21,27)28)22(26)17-7-9-18(10-8-17)32(29,30)25-12-3-4-13-25/h1-2,5-10,21H,3-4,11-16H2. The fraction of sp³-hybridized carbons (Fsp3) is 0.409. The largest absolute Gasteiger partial charge is 0.338 e. The van der Waals surface area contributed by atoms with Gasteiger partial charge in [-0.1, -0.05) is 18.2 Å². The third kappa shape index (κ3) is 4.44. The van der Waals surface area contributed by atoms with Crippen molar-refractivity contribution in [3.05, 3.63) is 65.5 Å². The van der Waals surface area contributed by atoms with Crippen LogP contribution in [0, 0.1) is 5.82 Å². The predicted octanol–water partition coefficient (Wildman–Crippen LogP) is 2.61. The number of halogens is 1. The maximum atomic E-state index is 14.2. The van der Waals surface area contributed by atoms with Gasteiger partial charge in [0.2, 0.25) is 10.0 Å². The van der Waals surface area contributed by atoms with Gasteiger partial charge in [-0.3, -0.25) is 4.79 Å². The van der Waals surface area contributed by atoms with Crippen LogP contribution in [0.5, 0.6) is 0 Å². The van der Waals surface area contributed by atoms with Crippen LogP contribution in [-0.4, -0.2) is 63.9 Å². The van der Waals surface area contributed by atoms with Crippen molar-refractivity contribution in [1.29, 1.82) is 0 Å². The highest BCUT2D eigenvalue weighted by Crippen LogP contribution is 2.31. The van der Waals surface area contributed by atoms with E-state index in [2.05, 4.69) is 0 Å². The number of rotatable bonds is 4. The lowest BCUT2D eigenvalue weighted by Gasteiger charge is -2.20. The van der Waals surface area contributed by atoms with Crippen molar-refractivity contribution in [2.75, 3.05) is 31.9 Å². The molecule has 7 nitrogen and oxygen atoms in total. The summed E-state index contributed by atoms with van der Waals surface area (Å²) in [4.78, 5) is 14.6. The summed E-state index contributed by atoms with van der Waals surface area (Å²) in [6, 6.07) is 11.5. The smallest absolute Gasteiger partial charge is 0.253 e. The summed E-state index contributed by atoms with van der Waals surface area (Å²) in [5.74, 6) is -1.21. The van der Waals surface area contributed by atoms with E-state index in [1.54, 1.807) is 6.07 Å². The molecule has 2 aliphatic rings. The molecule has 2 aliphatic heterocycles. The molecular formula is C22H25FN2O5S2. The molecule has 2 saturated heterocycles. The Bertz CT molecular complexity index is 1210. The van der Waals surface area contributed by atoms with E-state index in [0.29, 0.717) is 13.1 Å². The van der Waals surface area contributed by atoms with Crippen molar-refractivity contribution in [3.8, 4) is 0 Å². The summed E-state index contributed by atoms with van der Waals surface area (Å²) in [6.07, 6.45) is 1.76. The summed E-state index contributed by atoms with van der Waals surface area (Å²) in [5, 5.41) is -1.01. The van der Waals surface area contributed by atoms with Crippen LogP contribution in [0.1, 0.15) is 40.4 Å². The molecule has 2 heterocycles. The molecule has 2 fully saturated rings. The maximum absolute atomic E-state index is 14.2. The molecule has 0 aromatic heterocycles. The molecule has 1 atom stereocenters. The number of sulfone groups is 1. The van der Waals surface area contributed by atoms with Gasteiger partial charge in [-0.15, -0.1) is 0 Å². The van der Waals surface area contributed by atoms with E-state index >= 15 is 0 Å². The Kier molecular flexibility index (Phi) is 6.37. The highest BCUT2D eigenvalue weighted by molar-refractivity contribution is 7.91. The highest BCUT2D eigenvalue weighted by atomic mass is 32.2. The Morgan fingerprint density at radius 1 is 0.938 bits per heavy atom. The quantitative estimate of drug-likeness (QED) is 0.671. The maximum Gasteiger partial charge on any atom is 0.253 e. The van der Waals surface area contributed by atoms with E-state index in [9.17, 15) is 26.0 Å². The lowest BCUT2D eigenvalue weighted by molar-refractivity contribution is 0.0766. The number of hydrogen-bond donors (Lipinski definition) is 0.